The van der Waals surface area contributed by atoms with Crippen LogP contribution in [-0.2, 0) is 17.6 Å². The number of hydrogen-bond donors (Lipinski definition) is 1. The lowest BCUT2D eigenvalue weighted by atomic mass is 9.73. The predicted octanol–water partition coefficient (Wildman–Crippen LogP) is 4.45. The summed E-state index contributed by atoms with van der Waals surface area (Å²) in [5, 5.41) is 3.44. The molecular weight excluding hydrogens is 339 g/mol. The molecule has 1 N–H and O–H groups in total. The summed E-state index contributed by atoms with van der Waals surface area (Å²) in [6.07, 6.45) is 3.13. The number of aryl methyl sites for hydroxylation is 1. The van der Waals surface area contributed by atoms with E-state index in [2.05, 4.69) is 31.1 Å². The van der Waals surface area contributed by atoms with Crippen molar-refractivity contribution < 1.29 is 13.9 Å². The third kappa shape index (κ3) is 4.57. The summed E-state index contributed by atoms with van der Waals surface area (Å²) in [6, 6.07) is 5.59. The molecule has 25 heavy (non-hydrogen) atoms. The predicted molar refractivity (Wildman–Crippen MR) is 97.6 cm³/mol. The second-order valence-corrected chi connectivity index (χ2v) is 8.57. The van der Waals surface area contributed by atoms with E-state index in [1.165, 1.54) is 29.1 Å². The summed E-state index contributed by atoms with van der Waals surface area (Å²) in [4.78, 5) is 17.9. The van der Waals surface area contributed by atoms with E-state index in [0.29, 0.717) is 16.8 Å². The first-order valence-electron chi connectivity index (χ1n) is 8.48. The Morgan fingerprint density at radius 1 is 1.36 bits per heavy atom. The van der Waals surface area contributed by atoms with Crippen molar-refractivity contribution in [3.63, 3.8) is 0 Å². The van der Waals surface area contributed by atoms with Crippen LogP contribution in [0.4, 0.5) is 9.52 Å². The Kier molecular flexibility index (Phi) is 5.08. The number of ether oxygens (including phenoxy) is 1. The van der Waals surface area contributed by atoms with Gasteiger partial charge in [0.2, 0.25) is 0 Å². The minimum absolute atomic E-state index is 0.125. The van der Waals surface area contributed by atoms with Crippen LogP contribution in [0.5, 0.6) is 5.75 Å². The number of carbonyl (C=O) groups excluding carboxylic acids is 1. The molecule has 1 aromatic heterocycles. The molecule has 2 aromatic rings. The van der Waals surface area contributed by atoms with Crippen LogP contribution in [-0.4, -0.2) is 17.5 Å². The lowest BCUT2D eigenvalue weighted by molar-refractivity contribution is -0.118. The second kappa shape index (κ2) is 7.12. The van der Waals surface area contributed by atoms with Crippen LogP contribution in [0.2, 0.25) is 0 Å². The molecular formula is C19H23FN2O2S. The maximum Gasteiger partial charge on any atom is 0.264 e. The van der Waals surface area contributed by atoms with Gasteiger partial charge in [-0.25, -0.2) is 9.37 Å². The fraction of sp³-hybridized carbons (Fsp3) is 0.474. The van der Waals surface area contributed by atoms with Gasteiger partial charge in [-0.05, 0) is 54.9 Å². The number of benzene rings is 1. The smallest absolute Gasteiger partial charge is 0.264 e. The number of thiazole rings is 1. The normalized spacial score (nSPS) is 17.0. The third-order valence-corrected chi connectivity index (χ3v) is 5.63. The van der Waals surface area contributed by atoms with Gasteiger partial charge >= 0.3 is 0 Å². The molecule has 134 valence electrons. The number of fused-ring (bicyclic) bond motifs is 1. The molecule has 1 amide bonds. The van der Waals surface area contributed by atoms with Gasteiger partial charge in [0, 0.05) is 4.88 Å². The molecule has 1 atom stereocenters. The Balaban J connectivity index is 1.56. The van der Waals surface area contributed by atoms with Crippen molar-refractivity contribution in [2.24, 2.45) is 11.3 Å². The van der Waals surface area contributed by atoms with E-state index in [1.54, 1.807) is 11.3 Å². The number of halogens is 1. The Morgan fingerprint density at radius 3 is 2.76 bits per heavy atom. The van der Waals surface area contributed by atoms with Gasteiger partial charge in [-0.2, -0.15) is 0 Å². The maximum absolute atomic E-state index is 12.8. The first-order valence-corrected chi connectivity index (χ1v) is 9.30. The zero-order valence-electron chi connectivity index (χ0n) is 14.8. The molecule has 0 bridgehead atoms. The van der Waals surface area contributed by atoms with Crippen LogP contribution in [0.15, 0.2) is 24.3 Å². The molecule has 0 radical (unpaired) electrons. The van der Waals surface area contributed by atoms with Gasteiger partial charge in [0.1, 0.15) is 11.6 Å². The number of anilines is 1. The summed E-state index contributed by atoms with van der Waals surface area (Å²) in [5.41, 5.74) is 1.40. The highest BCUT2D eigenvalue weighted by Gasteiger charge is 2.30. The lowest BCUT2D eigenvalue weighted by Crippen LogP contribution is -2.26. The van der Waals surface area contributed by atoms with Gasteiger partial charge < -0.3 is 4.74 Å². The summed E-state index contributed by atoms with van der Waals surface area (Å²) in [7, 11) is 0. The monoisotopic (exact) mass is 362 g/mol. The molecule has 1 aliphatic carbocycles. The number of amides is 1. The number of hydrogen-bond acceptors (Lipinski definition) is 4. The fourth-order valence-corrected chi connectivity index (χ4v) is 4.11. The number of aromatic nitrogens is 1. The van der Waals surface area contributed by atoms with Crippen LogP contribution in [0.3, 0.4) is 0 Å². The largest absolute Gasteiger partial charge is 0.484 e. The molecule has 1 aliphatic rings. The summed E-state index contributed by atoms with van der Waals surface area (Å²) < 4.78 is 18.2. The lowest BCUT2D eigenvalue weighted by Gasteiger charge is -2.33. The van der Waals surface area contributed by atoms with Crippen molar-refractivity contribution in [3.05, 3.63) is 40.7 Å². The molecule has 1 aromatic carbocycles. The van der Waals surface area contributed by atoms with E-state index in [1.807, 2.05) is 0 Å². The molecule has 0 fully saturated rings. The van der Waals surface area contributed by atoms with Crippen LogP contribution in [0.25, 0.3) is 0 Å². The van der Waals surface area contributed by atoms with E-state index in [4.69, 9.17) is 4.74 Å². The molecule has 0 saturated heterocycles. The molecule has 1 heterocycles. The van der Waals surface area contributed by atoms with Gasteiger partial charge in [-0.15, -0.1) is 11.3 Å². The highest BCUT2D eigenvalue weighted by molar-refractivity contribution is 7.15. The average Bonchev–Trinajstić information content (AvgIpc) is 2.94. The maximum atomic E-state index is 12.8. The molecule has 0 saturated carbocycles. The van der Waals surface area contributed by atoms with Crippen LogP contribution in [0.1, 0.15) is 37.8 Å². The van der Waals surface area contributed by atoms with Gasteiger partial charge in [-0.3, -0.25) is 10.1 Å². The fourth-order valence-electron chi connectivity index (χ4n) is 3.00. The SMILES string of the molecule is CC(C)(C)[C@@H]1CCc2nc(NC(=O)COc3ccc(F)cc3)sc2C1. The molecule has 0 spiro atoms. The average molecular weight is 362 g/mol. The van der Waals surface area contributed by atoms with E-state index in [0.717, 1.165) is 25.0 Å². The van der Waals surface area contributed by atoms with Crippen molar-refractivity contribution in [2.75, 3.05) is 11.9 Å². The zero-order valence-corrected chi connectivity index (χ0v) is 15.6. The quantitative estimate of drug-likeness (QED) is 0.874. The van der Waals surface area contributed by atoms with Crippen molar-refractivity contribution in [1.29, 1.82) is 0 Å². The van der Waals surface area contributed by atoms with Crippen molar-refractivity contribution in [1.82, 2.24) is 4.98 Å². The molecule has 6 heteroatoms. The first kappa shape index (κ1) is 17.9. The van der Waals surface area contributed by atoms with Crippen molar-refractivity contribution in [3.8, 4) is 5.75 Å². The summed E-state index contributed by atoms with van der Waals surface area (Å²) in [6.45, 7) is 6.71. The highest BCUT2D eigenvalue weighted by atomic mass is 32.1. The molecule has 0 unspecified atom stereocenters. The number of rotatable bonds is 4. The number of carbonyl (C=O) groups is 1. The highest BCUT2D eigenvalue weighted by Crippen LogP contribution is 2.40. The minimum Gasteiger partial charge on any atom is -0.484 e. The van der Waals surface area contributed by atoms with Crippen LogP contribution in [0, 0.1) is 17.2 Å². The Morgan fingerprint density at radius 2 is 2.08 bits per heavy atom. The van der Waals surface area contributed by atoms with Gasteiger partial charge in [0.05, 0.1) is 5.69 Å². The van der Waals surface area contributed by atoms with Gasteiger partial charge in [-0.1, -0.05) is 20.8 Å². The first-order chi connectivity index (χ1) is 11.8. The van der Waals surface area contributed by atoms with E-state index in [-0.39, 0.29) is 23.7 Å². The zero-order chi connectivity index (χ0) is 18.0. The van der Waals surface area contributed by atoms with Gasteiger partial charge in [0.15, 0.2) is 11.7 Å². The molecule has 0 aliphatic heterocycles. The van der Waals surface area contributed by atoms with E-state index in [9.17, 15) is 9.18 Å². The Bertz CT molecular complexity index is 750. The Hall–Kier alpha value is -1.95. The minimum atomic E-state index is -0.335. The third-order valence-electron chi connectivity index (χ3n) is 4.59. The summed E-state index contributed by atoms with van der Waals surface area (Å²) in [5.74, 6) is 0.510. The van der Waals surface area contributed by atoms with E-state index < -0.39 is 0 Å². The number of nitrogens with one attached hydrogen (secondary N) is 1. The molecule has 3 rings (SSSR count). The van der Waals surface area contributed by atoms with Crippen molar-refractivity contribution >= 4 is 22.4 Å². The van der Waals surface area contributed by atoms with E-state index >= 15 is 0 Å². The van der Waals surface area contributed by atoms with Crippen LogP contribution >= 0.6 is 11.3 Å². The van der Waals surface area contributed by atoms with Gasteiger partial charge in [0.25, 0.3) is 5.91 Å². The Labute approximate surface area is 151 Å². The number of nitrogens with zero attached hydrogens (tertiary/aromatic N) is 1. The van der Waals surface area contributed by atoms with Crippen molar-refractivity contribution in [2.45, 2.75) is 40.0 Å². The van der Waals surface area contributed by atoms with Crippen LogP contribution < -0.4 is 10.1 Å². The topological polar surface area (TPSA) is 51.2 Å². The second-order valence-electron chi connectivity index (χ2n) is 7.49. The standard InChI is InChI=1S/C19H23FN2O2S/c1-19(2,3)12-4-9-15-16(10-12)25-18(21-15)22-17(23)11-24-14-7-5-13(20)6-8-14/h5-8,12H,4,9-11H2,1-3H3,(H,21,22,23)/t12-/m1/s1. The molecule has 4 nitrogen and oxygen atoms in total. The summed E-state index contributed by atoms with van der Waals surface area (Å²) >= 11 is 1.56.